The maximum absolute atomic E-state index is 12.8. The Hall–Kier alpha value is -2.28. The van der Waals surface area contributed by atoms with Gasteiger partial charge in [-0.25, -0.2) is 4.79 Å². The third kappa shape index (κ3) is 8.19. The number of carbonyl (C=O) groups excluding carboxylic acids is 3. The van der Waals surface area contributed by atoms with Crippen LogP contribution in [0.4, 0.5) is 0 Å². The van der Waals surface area contributed by atoms with E-state index in [0.29, 0.717) is 67.3 Å². The molecule has 1 heterocycles. The molecule has 0 spiro atoms. The second-order valence-electron chi connectivity index (χ2n) is 9.81. The Morgan fingerprint density at radius 3 is 2.50 bits per heavy atom. The van der Waals surface area contributed by atoms with Crippen LogP contribution in [-0.2, 0) is 23.9 Å². The molecule has 3 rings (SSSR count). The Balaban J connectivity index is 0.00000199. The number of rotatable bonds is 10. The monoisotopic (exact) mass is 474 g/mol. The number of hydrogen-bond acceptors (Lipinski definition) is 6. The van der Waals surface area contributed by atoms with Gasteiger partial charge >= 0.3 is 5.97 Å². The van der Waals surface area contributed by atoms with Crippen LogP contribution in [0.3, 0.4) is 0 Å². The van der Waals surface area contributed by atoms with E-state index in [1.807, 2.05) is 27.7 Å². The molecule has 0 aromatic rings. The van der Waals surface area contributed by atoms with Crippen LogP contribution in [0.5, 0.6) is 0 Å². The van der Waals surface area contributed by atoms with E-state index >= 15 is 0 Å². The predicted molar refractivity (Wildman–Crippen MR) is 134 cm³/mol. The van der Waals surface area contributed by atoms with Crippen molar-refractivity contribution in [2.45, 2.75) is 79.6 Å². The summed E-state index contributed by atoms with van der Waals surface area (Å²) in [7, 11) is 0. The Morgan fingerprint density at radius 1 is 1.21 bits per heavy atom. The van der Waals surface area contributed by atoms with Gasteiger partial charge in [0.2, 0.25) is 5.91 Å². The number of esters is 1. The first-order chi connectivity index (χ1) is 16.2. The number of likely N-dealkylation sites (tertiary alicyclic amines) is 1. The van der Waals surface area contributed by atoms with Gasteiger partial charge in [-0.2, -0.15) is 0 Å². The first-order valence-corrected chi connectivity index (χ1v) is 12.7. The average Bonchev–Trinajstić information content (AvgIpc) is 3.52. The first kappa shape index (κ1) is 28.0. The molecule has 34 heavy (non-hydrogen) atoms. The van der Waals surface area contributed by atoms with Crippen LogP contribution in [0.2, 0.25) is 0 Å². The molecule has 0 aromatic carbocycles. The fraction of sp³-hybridized carbons (Fsp3) is 0.704. The highest BCUT2D eigenvalue weighted by Gasteiger charge is 2.34. The Bertz CT molecular complexity index is 836. The summed E-state index contributed by atoms with van der Waals surface area (Å²) < 4.78 is 11.2. The molecule has 7 heteroatoms. The number of Topliss-reactive ketones (excluding diaryl/α,β-unsaturated/α-hetero) is 1. The van der Waals surface area contributed by atoms with Crippen LogP contribution in [-0.4, -0.2) is 61.2 Å². The summed E-state index contributed by atoms with van der Waals surface area (Å²) in [5.74, 6) is 0.237. The van der Waals surface area contributed by atoms with Gasteiger partial charge in [0, 0.05) is 31.5 Å². The van der Waals surface area contributed by atoms with Gasteiger partial charge in [-0.05, 0) is 50.4 Å². The summed E-state index contributed by atoms with van der Waals surface area (Å²) >= 11 is 0. The predicted octanol–water partition coefficient (Wildman–Crippen LogP) is 4.66. The standard InChI is InChI=1S/C25H36N2O5.C2H6/c1-5-32-24(30)19(13-18-8-9-18)21(16-31-12-11-27-10-6-7-23(27)29)26-20-14-25(3,4)15-22(28)17(20)2;1-2/h18H,2,5-16H2,1,3-4H3;1-2H3/b21-19+,26-20?;. The van der Waals surface area contributed by atoms with E-state index in [9.17, 15) is 14.4 Å². The molecule has 7 nitrogen and oxygen atoms in total. The molecular formula is C27H42N2O5. The Morgan fingerprint density at radius 2 is 1.91 bits per heavy atom. The highest BCUT2D eigenvalue weighted by atomic mass is 16.5. The third-order valence-corrected chi connectivity index (χ3v) is 6.22. The van der Waals surface area contributed by atoms with Crippen LogP contribution in [0.1, 0.15) is 79.6 Å². The van der Waals surface area contributed by atoms with Crippen molar-refractivity contribution >= 4 is 23.4 Å². The van der Waals surface area contributed by atoms with Gasteiger partial charge in [-0.3, -0.25) is 14.6 Å². The molecule has 0 bridgehead atoms. The molecule has 3 aliphatic rings. The topological polar surface area (TPSA) is 85.3 Å². The summed E-state index contributed by atoms with van der Waals surface area (Å²) in [6.07, 6.45) is 5.31. The lowest BCUT2D eigenvalue weighted by atomic mass is 9.74. The summed E-state index contributed by atoms with van der Waals surface area (Å²) in [6, 6.07) is 0. The molecule has 0 aromatic heterocycles. The molecular weight excluding hydrogens is 432 g/mol. The molecule has 0 atom stereocenters. The molecule has 0 radical (unpaired) electrons. The summed E-state index contributed by atoms with van der Waals surface area (Å²) in [5.41, 5.74) is 1.88. The van der Waals surface area contributed by atoms with E-state index in [2.05, 4.69) is 6.58 Å². The molecule has 2 aliphatic carbocycles. The molecule has 3 fully saturated rings. The highest BCUT2D eigenvalue weighted by Crippen LogP contribution is 2.38. The third-order valence-electron chi connectivity index (χ3n) is 6.22. The van der Waals surface area contributed by atoms with Gasteiger partial charge in [-0.1, -0.05) is 34.3 Å². The minimum absolute atomic E-state index is 0.00677. The molecule has 1 aliphatic heterocycles. The fourth-order valence-corrected chi connectivity index (χ4v) is 4.21. The van der Waals surface area contributed by atoms with Crippen LogP contribution < -0.4 is 0 Å². The zero-order chi connectivity index (χ0) is 25.3. The van der Waals surface area contributed by atoms with Gasteiger partial charge < -0.3 is 14.4 Å². The molecule has 0 N–H and O–H groups in total. The number of allylic oxidation sites excluding steroid dienone is 1. The molecule has 2 saturated carbocycles. The van der Waals surface area contributed by atoms with E-state index in [0.717, 1.165) is 25.8 Å². The zero-order valence-electron chi connectivity index (χ0n) is 21.7. The van der Waals surface area contributed by atoms with Gasteiger partial charge in [0.25, 0.3) is 0 Å². The number of aliphatic imine (C=N–C) groups is 1. The highest BCUT2D eigenvalue weighted by molar-refractivity contribution is 6.24. The second-order valence-corrected chi connectivity index (χ2v) is 9.81. The van der Waals surface area contributed by atoms with Crippen molar-refractivity contribution in [2.75, 3.05) is 32.9 Å². The van der Waals surface area contributed by atoms with Crippen LogP contribution in [0.15, 0.2) is 28.4 Å². The molecule has 0 unspecified atom stereocenters. The van der Waals surface area contributed by atoms with Gasteiger partial charge in [0.1, 0.15) is 0 Å². The van der Waals surface area contributed by atoms with Gasteiger partial charge in [0.15, 0.2) is 5.78 Å². The minimum atomic E-state index is -0.371. The summed E-state index contributed by atoms with van der Waals surface area (Å²) in [6.45, 7) is 15.9. The molecule has 190 valence electrons. The van der Waals surface area contributed by atoms with E-state index < -0.39 is 0 Å². The van der Waals surface area contributed by atoms with Crippen LogP contribution in [0, 0.1) is 11.3 Å². The smallest absolute Gasteiger partial charge is 0.335 e. The lowest BCUT2D eigenvalue weighted by Gasteiger charge is -2.30. The number of nitrogens with zero attached hydrogens (tertiary/aromatic N) is 2. The van der Waals surface area contributed by atoms with E-state index in [4.69, 9.17) is 14.5 Å². The number of amides is 1. The van der Waals surface area contributed by atoms with E-state index in [1.165, 1.54) is 0 Å². The first-order valence-electron chi connectivity index (χ1n) is 12.7. The van der Waals surface area contributed by atoms with Gasteiger partial charge in [0.05, 0.1) is 36.8 Å². The number of ketones is 1. The summed E-state index contributed by atoms with van der Waals surface area (Å²) in [5, 5.41) is 0. The Kier molecular flexibility index (Phi) is 10.7. The largest absolute Gasteiger partial charge is 0.463 e. The van der Waals surface area contributed by atoms with Crippen molar-refractivity contribution in [3.05, 3.63) is 23.4 Å². The van der Waals surface area contributed by atoms with Crippen molar-refractivity contribution in [1.29, 1.82) is 0 Å². The normalized spacial score (nSPS) is 21.9. The lowest BCUT2D eigenvalue weighted by molar-refractivity contribution is -0.138. The Labute approximate surface area is 204 Å². The average molecular weight is 475 g/mol. The SMILES string of the molecule is C=C1C(=O)CC(C)(C)CC1=N/C(COCCN1CCCC1=O)=C(\CC1CC1)C(=O)OCC.CC. The maximum atomic E-state index is 12.8. The number of ether oxygens (including phenoxy) is 2. The quantitative estimate of drug-likeness (QED) is 0.261. The van der Waals surface area contributed by atoms with Crippen LogP contribution in [0.25, 0.3) is 0 Å². The summed E-state index contributed by atoms with van der Waals surface area (Å²) in [4.78, 5) is 43.7. The minimum Gasteiger partial charge on any atom is -0.463 e. The number of carbonyl (C=O) groups is 3. The van der Waals surface area contributed by atoms with Crippen molar-refractivity contribution in [3.63, 3.8) is 0 Å². The lowest BCUT2D eigenvalue weighted by Crippen LogP contribution is -2.31. The van der Waals surface area contributed by atoms with Crippen molar-refractivity contribution in [2.24, 2.45) is 16.3 Å². The fourth-order valence-electron chi connectivity index (χ4n) is 4.21. The number of hydrogen-bond donors (Lipinski definition) is 0. The second kappa shape index (κ2) is 13.0. The van der Waals surface area contributed by atoms with Gasteiger partial charge in [-0.15, -0.1) is 0 Å². The van der Waals surface area contributed by atoms with Crippen molar-refractivity contribution < 1.29 is 23.9 Å². The van der Waals surface area contributed by atoms with Crippen LogP contribution >= 0.6 is 0 Å². The van der Waals surface area contributed by atoms with Crippen molar-refractivity contribution in [1.82, 2.24) is 4.90 Å². The zero-order valence-corrected chi connectivity index (χ0v) is 21.7. The van der Waals surface area contributed by atoms with Crippen molar-refractivity contribution in [3.8, 4) is 0 Å². The van der Waals surface area contributed by atoms with E-state index in [-0.39, 0.29) is 36.3 Å². The molecule has 1 saturated heterocycles. The van der Waals surface area contributed by atoms with E-state index in [1.54, 1.807) is 11.8 Å². The molecule has 1 amide bonds. The maximum Gasteiger partial charge on any atom is 0.335 e.